The van der Waals surface area contributed by atoms with Crippen molar-refractivity contribution in [1.82, 2.24) is 39.8 Å². The molecule has 40 heavy (non-hydrogen) atoms. The standard InChI is InChI=1S/C25H26N8O7/c1-14-2-4-17(26-8-14)18-5-3-15(9-27-18)11-32-12-16(30-31-32)10-28-25(38)40-22-21(36)19(13-34)39-23(22)33-7-6-20(35)29-24(33)37/h2-9,12,19,21-23,34,36H,10-11,13H2,1H3,(H,28,38)(H,29,35,37)/t19-,21-,22-,23-/m1/s1. The molecule has 0 aliphatic carbocycles. The molecule has 0 saturated carbocycles. The summed E-state index contributed by atoms with van der Waals surface area (Å²) in [5.41, 5.74) is 2.46. The van der Waals surface area contributed by atoms with Crippen LogP contribution in [0, 0.1) is 6.92 Å². The topological polar surface area (TPSA) is 199 Å². The minimum Gasteiger partial charge on any atom is -0.438 e. The molecule has 4 aromatic heterocycles. The van der Waals surface area contributed by atoms with E-state index in [-0.39, 0.29) is 6.54 Å². The van der Waals surface area contributed by atoms with Crippen LogP contribution in [0.2, 0.25) is 0 Å². The average Bonchev–Trinajstić information content (AvgIpc) is 3.52. The van der Waals surface area contributed by atoms with Crippen molar-refractivity contribution in [3.05, 3.63) is 92.8 Å². The smallest absolute Gasteiger partial charge is 0.407 e. The molecule has 1 aliphatic heterocycles. The summed E-state index contributed by atoms with van der Waals surface area (Å²) in [6, 6.07) is 8.75. The summed E-state index contributed by atoms with van der Waals surface area (Å²) in [5, 5.41) is 30.6. The number of carbonyl (C=O) groups excluding carboxylic acids is 1. The Hall–Kier alpha value is -4.73. The van der Waals surface area contributed by atoms with Crippen molar-refractivity contribution in [3.63, 3.8) is 0 Å². The largest absolute Gasteiger partial charge is 0.438 e. The van der Waals surface area contributed by atoms with Crippen molar-refractivity contribution >= 4 is 6.09 Å². The summed E-state index contributed by atoms with van der Waals surface area (Å²) in [6.45, 7) is 1.75. The third-order valence-electron chi connectivity index (χ3n) is 6.20. The van der Waals surface area contributed by atoms with Crippen molar-refractivity contribution in [2.45, 2.75) is 44.6 Å². The van der Waals surface area contributed by atoms with Crippen LogP contribution in [-0.4, -0.2) is 75.7 Å². The van der Waals surface area contributed by atoms with Gasteiger partial charge < -0.3 is 25.0 Å². The number of amides is 1. The van der Waals surface area contributed by atoms with Gasteiger partial charge in [0.05, 0.1) is 37.3 Å². The van der Waals surface area contributed by atoms with E-state index in [1.165, 1.54) is 0 Å². The van der Waals surface area contributed by atoms with Crippen LogP contribution in [-0.2, 0) is 22.6 Å². The molecule has 5 heterocycles. The zero-order chi connectivity index (χ0) is 28.2. The maximum Gasteiger partial charge on any atom is 0.407 e. The summed E-state index contributed by atoms with van der Waals surface area (Å²) in [5.74, 6) is 0. The Balaban J connectivity index is 1.17. The fourth-order valence-corrected chi connectivity index (χ4v) is 4.15. The number of aromatic nitrogens is 7. The average molecular weight is 551 g/mol. The second kappa shape index (κ2) is 11.6. The molecule has 15 heteroatoms. The summed E-state index contributed by atoms with van der Waals surface area (Å²) in [4.78, 5) is 47.0. The monoisotopic (exact) mass is 550 g/mol. The van der Waals surface area contributed by atoms with Crippen LogP contribution >= 0.6 is 0 Å². The number of ether oxygens (including phenoxy) is 2. The number of carbonyl (C=O) groups is 1. The van der Waals surface area contributed by atoms with Crippen LogP contribution in [0.3, 0.4) is 0 Å². The molecule has 4 atom stereocenters. The second-order valence-electron chi connectivity index (χ2n) is 9.16. The number of hydrogen-bond donors (Lipinski definition) is 4. The Bertz CT molecular complexity index is 1580. The molecule has 208 valence electrons. The van der Waals surface area contributed by atoms with Gasteiger partial charge in [0.25, 0.3) is 5.56 Å². The van der Waals surface area contributed by atoms with Crippen LogP contribution in [0.4, 0.5) is 4.79 Å². The van der Waals surface area contributed by atoms with E-state index in [0.29, 0.717) is 12.2 Å². The normalized spacial score (nSPS) is 20.4. The van der Waals surface area contributed by atoms with Gasteiger partial charge in [-0.3, -0.25) is 24.3 Å². The predicted molar refractivity (Wildman–Crippen MR) is 137 cm³/mol. The van der Waals surface area contributed by atoms with Gasteiger partial charge in [-0.2, -0.15) is 0 Å². The highest BCUT2D eigenvalue weighted by molar-refractivity contribution is 5.67. The minimum absolute atomic E-state index is 0.0362. The third kappa shape index (κ3) is 5.96. The summed E-state index contributed by atoms with van der Waals surface area (Å²) in [6.07, 6.45) is 0.223. The molecule has 0 aromatic carbocycles. The molecule has 4 N–H and O–H groups in total. The van der Waals surface area contributed by atoms with E-state index in [2.05, 4.69) is 30.6 Å². The molecule has 4 aromatic rings. The molecule has 15 nitrogen and oxygen atoms in total. The van der Waals surface area contributed by atoms with Crippen LogP contribution in [0.1, 0.15) is 23.0 Å². The zero-order valence-electron chi connectivity index (χ0n) is 21.2. The lowest BCUT2D eigenvalue weighted by Gasteiger charge is -2.22. The lowest BCUT2D eigenvalue weighted by Crippen LogP contribution is -2.42. The predicted octanol–water partition coefficient (Wildman–Crippen LogP) is -0.513. The van der Waals surface area contributed by atoms with E-state index in [1.54, 1.807) is 23.3 Å². The molecule has 1 aliphatic rings. The molecule has 0 spiro atoms. The molecule has 1 fully saturated rings. The van der Waals surface area contributed by atoms with Gasteiger partial charge >= 0.3 is 11.8 Å². The SMILES string of the molecule is Cc1ccc(-c2ccc(Cn3cc(CNC(=O)O[C@@H]4[C@H](O)[C@@H](CO)O[C@H]4n4ccc(=O)[nH]c4=O)nn3)cn2)nc1. The van der Waals surface area contributed by atoms with Gasteiger partial charge in [0.2, 0.25) is 0 Å². The van der Waals surface area contributed by atoms with Gasteiger partial charge in [-0.1, -0.05) is 17.3 Å². The fraction of sp³-hybridized carbons (Fsp3) is 0.320. The maximum atomic E-state index is 12.5. The van der Waals surface area contributed by atoms with Gasteiger partial charge in [-0.05, 0) is 30.2 Å². The molecular weight excluding hydrogens is 524 g/mol. The Morgan fingerprint density at radius 2 is 1.93 bits per heavy atom. The van der Waals surface area contributed by atoms with E-state index in [1.807, 2.05) is 31.2 Å². The lowest BCUT2D eigenvalue weighted by atomic mass is 10.1. The first kappa shape index (κ1) is 26.9. The zero-order valence-corrected chi connectivity index (χ0v) is 21.2. The van der Waals surface area contributed by atoms with Gasteiger partial charge in [-0.25, -0.2) is 14.3 Å². The number of H-pyrrole nitrogens is 1. The number of hydrogen-bond acceptors (Lipinski definition) is 11. The van der Waals surface area contributed by atoms with Crippen LogP contribution < -0.4 is 16.6 Å². The quantitative estimate of drug-likeness (QED) is 0.220. The highest BCUT2D eigenvalue weighted by Crippen LogP contribution is 2.30. The first-order valence-corrected chi connectivity index (χ1v) is 12.3. The lowest BCUT2D eigenvalue weighted by molar-refractivity contribution is -0.0570. The summed E-state index contributed by atoms with van der Waals surface area (Å²) in [7, 11) is 0. The highest BCUT2D eigenvalue weighted by Gasteiger charge is 2.47. The number of aromatic amines is 1. The number of nitrogens with one attached hydrogen (secondary N) is 2. The first-order valence-electron chi connectivity index (χ1n) is 12.3. The molecule has 1 saturated heterocycles. The molecule has 0 unspecified atom stereocenters. The number of nitrogens with zero attached hydrogens (tertiary/aromatic N) is 6. The molecule has 5 rings (SSSR count). The van der Waals surface area contributed by atoms with Gasteiger partial charge in [0, 0.05) is 24.7 Å². The third-order valence-corrected chi connectivity index (χ3v) is 6.20. The van der Waals surface area contributed by atoms with Gasteiger partial charge in [-0.15, -0.1) is 5.10 Å². The Labute approximate surface area is 226 Å². The van der Waals surface area contributed by atoms with Crippen molar-refractivity contribution in [2.75, 3.05) is 6.61 Å². The fourth-order valence-electron chi connectivity index (χ4n) is 4.15. The molecular formula is C25H26N8O7. The number of rotatable bonds is 8. The summed E-state index contributed by atoms with van der Waals surface area (Å²) < 4.78 is 13.4. The van der Waals surface area contributed by atoms with E-state index in [4.69, 9.17) is 9.47 Å². The first-order chi connectivity index (χ1) is 19.3. The number of aliphatic hydroxyl groups is 2. The Morgan fingerprint density at radius 1 is 1.15 bits per heavy atom. The van der Waals surface area contributed by atoms with E-state index in [0.717, 1.165) is 39.3 Å². The molecule has 0 radical (unpaired) electrons. The second-order valence-corrected chi connectivity index (χ2v) is 9.16. The minimum atomic E-state index is -1.43. The molecule has 0 bridgehead atoms. The van der Waals surface area contributed by atoms with E-state index >= 15 is 0 Å². The Morgan fingerprint density at radius 3 is 2.60 bits per heavy atom. The summed E-state index contributed by atoms with van der Waals surface area (Å²) >= 11 is 0. The van der Waals surface area contributed by atoms with E-state index in [9.17, 15) is 24.6 Å². The van der Waals surface area contributed by atoms with Crippen LogP contribution in [0.25, 0.3) is 11.4 Å². The van der Waals surface area contributed by atoms with Gasteiger partial charge in [0.15, 0.2) is 12.3 Å². The van der Waals surface area contributed by atoms with E-state index < -0.39 is 48.5 Å². The van der Waals surface area contributed by atoms with Crippen molar-refractivity contribution < 1.29 is 24.5 Å². The van der Waals surface area contributed by atoms with Crippen molar-refractivity contribution in [1.29, 1.82) is 0 Å². The number of pyridine rings is 2. The molecule has 1 amide bonds. The maximum absolute atomic E-state index is 12.5. The number of alkyl carbamates (subject to hydrolysis) is 1. The number of aryl methyl sites for hydroxylation is 1. The van der Waals surface area contributed by atoms with Crippen LogP contribution in [0.5, 0.6) is 0 Å². The van der Waals surface area contributed by atoms with Crippen molar-refractivity contribution in [3.8, 4) is 11.4 Å². The van der Waals surface area contributed by atoms with Crippen molar-refractivity contribution in [2.24, 2.45) is 0 Å². The van der Waals surface area contributed by atoms with Gasteiger partial charge in [0.1, 0.15) is 17.9 Å². The van der Waals surface area contributed by atoms with Crippen LogP contribution in [0.15, 0.2) is 64.7 Å². The highest BCUT2D eigenvalue weighted by atomic mass is 16.6. The Kier molecular flexibility index (Phi) is 7.77. The number of aliphatic hydroxyl groups excluding tert-OH is 2.